The fourth-order valence-corrected chi connectivity index (χ4v) is 1.01. The molecule has 0 saturated carbocycles. The number of benzene rings is 1. The topological polar surface area (TPSA) is 38.3 Å². The molecule has 0 aromatic heterocycles. The predicted molar refractivity (Wildman–Crippen MR) is 51.8 cm³/mol. The number of hydrogen-bond acceptors (Lipinski definition) is 2. The van der Waals surface area contributed by atoms with Gasteiger partial charge in [0.1, 0.15) is 5.82 Å². The van der Waals surface area contributed by atoms with E-state index >= 15 is 0 Å². The van der Waals surface area contributed by atoms with Crippen molar-refractivity contribution in [1.82, 2.24) is 0 Å². The molecule has 0 unspecified atom stereocenters. The summed E-state index contributed by atoms with van der Waals surface area (Å²) >= 11 is 0. The van der Waals surface area contributed by atoms with Crippen LogP contribution in [0.4, 0.5) is 14.9 Å². The second-order valence-corrected chi connectivity index (χ2v) is 2.81. The monoisotopic (exact) mass is 197 g/mol. The maximum absolute atomic E-state index is 12.8. The molecule has 1 rings (SSSR count). The van der Waals surface area contributed by atoms with E-state index in [0.29, 0.717) is 17.9 Å². The van der Waals surface area contributed by atoms with E-state index in [1.807, 2.05) is 0 Å². The molecule has 0 aliphatic heterocycles. The van der Waals surface area contributed by atoms with Crippen molar-refractivity contribution in [2.24, 2.45) is 0 Å². The first-order valence-electron chi connectivity index (χ1n) is 4.33. The quantitative estimate of drug-likeness (QED) is 0.791. The summed E-state index contributed by atoms with van der Waals surface area (Å²) in [5.41, 5.74) is 1.02. The Bertz CT molecular complexity index is 339. The molecule has 14 heavy (non-hydrogen) atoms. The Morgan fingerprint density at radius 1 is 1.57 bits per heavy atom. The molecule has 1 aromatic carbocycles. The number of aryl methyl sites for hydroxylation is 1. The van der Waals surface area contributed by atoms with Gasteiger partial charge in [0.05, 0.1) is 6.61 Å². The van der Waals surface area contributed by atoms with E-state index in [1.165, 1.54) is 12.1 Å². The van der Waals surface area contributed by atoms with Crippen LogP contribution in [-0.2, 0) is 4.74 Å². The van der Waals surface area contributed by atoms with Crippen LogP contribution in [0.1, 0.15) is 12.5 Å². The fourth-order valence-electron chi connectivity index (χ4n) is 1.01. The minimum Gasteiger partial charge on any atom is -0.450 e. The van der Waals surface area contributed by atoms with Crippen molar-refractivity contribution < 1.29 is 13.9 Å². The molecule has 0 spiro atoms. The second kappa shape index (κ2) is 4.60. The van der Waals surface area contributed by atoms with Gasteiger partial charge < -0.3 is 4.74 Å². The van der Waals surface area contributed by atoms with Gasteiger partial charge in [-0.3, -0.25) is 5.32 Å². The first-order valence-corrected chi connectivity index (χ1v) is 4.33. The molecule has 76 valence electrons. The van der Waals surface area contributed by atoms with Crippen LogP contribution in [-0.4, -0.2) is 12.7 Å². The smallest absolute Gasteiger partial charge is 0.411 e. The normalized spacial score (nSPS) is 9.64. The number of nitrogens with one attached hydrogen (secondary N) is 1. The second-order valence-electron chi connectivity index (χ2n) is 2.81. The third kappa shape index (κ3) is 2.73. The van der Waals surface area contributed by atoms with Crippen molar-refractivity contribution in [1.29, 1.82) is 0 Å². The van der Waals surface area contributed by atoms with Crippen molar-refractivity contribution in [2.75, 3.05) is 11.9 Å². The van der Waals surface area contributed by atoms with E-state index in [0.717, 1.165) is 0 Å². The van der Waals surface area contributed by atoms with E-state index in [1.54, 1.807) is 19.9 Å². The lowest BCUT2D eigenvalue weighted by Gasteiger charge is -2.05. The maximum atomic E-state index is 12.8. The van der Waals surface area contributed by atoms with Gasteiger partial charge in [-0.25, -0.2) is 9.18 Å². The summed E-state index contributed by atoms with van der Waals surface area (Å²) in [5, 5.41) is 2.48. The molecule has 3 nitrogen and oxygen atoms in total. The van der Waals surface area contributed by atoms with Crippen molar-refractivity contribution in [3.05, 3.63) is 29.6 Å². The van der Waals surface area contributed by atoms with Crippen molar-refractivity contribution >= 4 is 11.8 Å². The lowest BCUT2D eigenvalue weighted by Crippen LogP contribution is -2.13. The Kier molecular flexibility index (Phi) is 3.45. The zero-order valence-corrected chi connectivity index (χ0v) is 8.13. The highest BCUT2D eigenvalue weighted by atomic mass is 19.1. The van der Waals surface area contributed by atoms with Gasteiger partial charge in [-0.15, -0.1) is 0 Å². The van der Waals surface area contributed by atoms with Crippen LogP contribution >= 0.6 is 0 Å². The van der Waals surface area contributed by atoms with E-state index in [-0.39, 0.29) is 5.82 Å². The number of anilines is 1. The molecular weight excluding hydrogens is 185 g/mol. The molecule has 1 amide bonds. The largest absolute Gasteiger partial charge is 0.450 e. The number of ether oxygens (including phenoxy) is 1. The van der Waals surface area contributed by atoms with Crippen LogP contribution in [0.5, 0.6) is 0 Å². The summed E-state index contributed by atoms with van der Waals surface area (Å²) in [7, 11) is 0. The number of amides is 1. The van der Waals surface area contributed by atoms with Gasteiger partial charge in [0, 0.05) is 5.69 Å². The van der Waals surface area contributed by atoms with Gasteiger partial charge in [0.25, 0.3) is 0 Å². The number of carbonyl (C=O) groups is 1. The molecule has 0 radical (unpaired) electrons. The van der Waals surface area contributed by atoms with Gasteiger partial charge >= 0.3 is 6.09 Å². The molecule has 0 aliphatic carbocycles. The molecule has 0 saturated heterocycles. The van der Waals surface area contributed by atoms with Crippen molar-refractivity contribution in [2.45, 2.75) is 13.8 Å². The SMILES string of the molecule is CCOC(=O)Nc1ccc(F)c(C)c1. The lowest BCUT2D eigenvalue weighted by molar-refractivity contribution is 0.168. The van der Waals surface area contributed by atoms with Crippen molar-refractivity contribution in [3.8, 4) is 0 Å². The fraction of sp³-hybridized carbons (Fsp3) is 0.300. The molecule has 1 aromatic rings. The van der Waals surface area contributed by atoms with E-state index in [4.69, 9.17) is 0 Å². The summed E-state index contributed by atoms with van der Waals surface area (Å²) < 4.78 is 17.5. The molecule has 0 fully saturated rings. The van der Waals surface area contributed by atoms with Gasteiger partial charge in [0.2, 0.25) is 0 Å². The van der Waals surface area contributed by atoms with Gasteiger partial charge in [0.15, 0.2) is 0 Å². The Hall–Kier alpha value is -1.58. The van der Waals surface area contributed by atoms with Gasteiger partial charge in [-0.2, -0.15) is 0 Å². The van der Waals surface area contributed by atoms with E-state index in [2.05, 4.69) is 10.1 Å². The average molecular weight is 197 g/mol. The average Bonchev–Trinajstić information content (AvgIpc) is 2.12. The summed E-state index contributed by atoms with van der Waals surface area (Å²) in [4.78, 5) is 11.0. The number of rotatable bonds is 2. The third-order valence-corrected chi connectivity index (χ3v) is 1.68. The zero-order valence-electron chi connectivity index (χ0n) is 8.13. The standard InChI is InChI=1S/C10H12FNO2/c1-3-14-10(13)12-8-4-5-9(11)7(2)6-8/h4-6H,3H2,1-2H3,(H,12,13). The van der Waals surface area contributed by atoms with Gasteiger partial charge in [-0.1, -0.05) is 0 Å². The molecule has 4 heteroatoms. The minimum absolute atomic E-state index is 0.292. The lowest BCUT2D eigenvalue weighted by atomic mass is 10.2. The first kappa shape index (κ1) is 10.5. The highest BCUT2D eigenvalue weighted by Gasteiger charge is 2.03. The number of hydrogen-bond donors (Lipinski definition) is 1. The molecule has 1 N–H and O–H groups in total. The minimum atomic E-state index is -0.529. The van der Waals surface area contributed by atoms with Crippen molar-refractivity contribution in [3.63, 3.8) is 0 Å². The van der Waals surface area contributed by atoms with Crippen LogP contribution in [0, 0.1) is 12.7 Å². The number of carbonyl (C=O) groups excluding carboxylic acids is 1. The number of halogens is 1. The molecule has 0 aliphatic rings. The zero-order chi connectivity index (χ0) is 10.6. The van der Waals surface area contributed by atoms with E-state index in [9.17, 15) is 9.18 Å². The highest BCUT2D eigenvalue weighted by molar-refractivity contribution is 5.84. The Balaban J connectivity index is 2.68. The summed E-state index contributed by atoms with van der Waals surface area (Å²) in [6.07, 6.45) is -0.529. The summed E-state index contributed by atoms with van der Waals surface area (Å²) in [5.74, 6) is -0.292. The van der Waals surface area contributed by atoms with Crippen LogP contribution in [0.2, 0.25) is 0 Å². The van der Waals surface area contributed by atoms with Crippen LogP contribution < -0.4 is 5.32 Å². The highest BCUT2D eigenvalue weighted by Crippen LogP contribution is 2.13. The van der Waals surface area contributed by atoms with Crippen LogP contribution in [0.15, 0.2) is 18.2 Å². The van der Waals surface area contributed by atoms with Crippen LogP contribution in [0.3, 0.4) is 0 Å². The maximum Gasteiger partial charge on any atom is 0.411 e. The van der Waals surface area contributed by atoms with E-state index < -0.39 is 6.09 Å². The molecule has 0 bridgehead atoms. The molecular formula is C10H12FNO2. The molecule has 0 heterocycles. The van der Waals surface area contributed by atoms with Gasteiger partial charge in [-0.05, 0) is 37.6 Å². The predicted octanol–water partition coefficient (Wildman–Crippen LogP) is 2.70. The Labute approximate surface area is 81.9 Å². The molecule has 0 atom stereocenters. The summed E-state index contributed by atoms with van der Waals surface area (Å²) in [6.45, 7) is 3.66. The Morgan fingerprint density at radius 2 is 2.29 bits per heavy atom. The third-order valence-electron chi connectivity index (χ3n) is 1.68. The Morgan fingerprint density at radius 3 is 2.86 bits per heavy atom. The summed E-state index contributed by atoms with van der Waals surface area (Å²) in [6, 6.07) is 4.34. The first-order chi connectivity index (χ1) is 6.63. The van der Waals surface area contributed by atoms with Crippen LogP contribution in [0.25, 0.3) is 0 Å².